The van der Waals surface area contributed by atoms with Gasteiger partial charge in [0, 0.05) is 187 Å². The number of imidazole rings is 5. The standard InChI is InChI=1S/C16H13N2.C11H9F2N2.C11H11N2.C10H7F2N2.C10H9N2.5Ir/c1-3-7-14(8-4-1)11-18-12-16(17-13-18)15-9-5-2-6-10-15;1-7-11(14-6-15(7)2)9-4-3-8(12)5-10(9)13;1-9-11(12-8-13(9)2)10-6-4-3-5-7-10;1-14-5-10(13-6-14)8-3-2-7(11)4-9(8)12;1-12-7-10(11-8-12)9-5-3-2-4-6-9;;;;;/h1-9,12-13H,11H2;3,5-6H,1-2H3;3-6,8H,1-2H3;2,4-6H,1H3;2-5,7-8H,1H3;;;;;/q5*-1;;;;;. The maximum Gasteiger partial charge on any atom is 0.0840 e. The molecule has 0 unspecified atom stereocenters. The predicted molar refractivity (Wildman–Crippen MR) is 271 cm³/mol. The molecule has 11 rings (SSSR count). The summed E-state index contributed by atoms with van der Waals surface area (Å²) in [5.41, 5.74) is 10.7. The molecule has 0 fully saturated rings. The molecule has 409 valence electrons. The normalized spacial score (nSPS) is 9.74. The number of aromatic nitrogens is 10. The Balaban J connectivity index is 0.000000326. The van der Waals surface area contributed by atoms with Gasteiger partial charge in [0.25, 0.3) is 0 Å². The maximum absolute atomic E-state index is 13.4. The van der Waals surface area contributed by atoms with E-state index >= 15 is 0 Å². The minimum absolute atomic E-state index is 0. The second kappa shape index (κ2) is 33.6. The molecule has 19 heteroatoms. The zero-order valence-corrected chi connectivity index (χ0v) is 54.1. The van der Waals surface area contributed by atoms with Gasteiger partial charge in [0.15, 0.2) is 0 Å². The van der Waals surface area contributed by atoms with Gasteiger partial charge in [0.2, 0.25) is 0 Å². The van der Waals surface area contributed by atoms with Crippen LogP contribution in [0, 0.1) is 67.4 Å². The van der Waals surface area contributed by atoms with E-state index in [1.165, 1.54) is 11.3 Å². The molecule has 0 aliphatic carbocycles. The summed E-state index contributed by atoms with van der Waals surface area (Å²) in [6, 6.07) is 52.4. The number of hydrogen-bond donors (Lipinski definition) is 0. The van der Waals surface area contributed by atoms with Crippen molar-refractivity contribution in [1.82, 2.24) is 47.8 Å². The summed E-state index contributed by atoms with van der Waals surface area (Å²) in [7, 11) is 7.54. The van der Waals surface area contributed by atoms with E-state index < -0.39 is 23.3 Å². The molecule has 6 aromatic carbocycles. The van der Waals surface area contributed by atoms with Gasteiger partial charge < -0.3 is 22.8 Å². The van der Waals surface area contributed by atoms with Gasteiger partial charge in [0.1, 0.15) is 0 Å². The summed E-state index contributed by atoms with van der Waals surface area (Å²) in [5, 5.41) is 0. The second-order valence-electron chi connectivity index (χ2n) is 16.3. The quantitative estimate of drug-likeness (QED) is 0.117. The van der Waals surface area contributed by atoms with E-state index in [2.05, 4.69) is 97.2 Å². The van der Waals surface area contributed by atoms with Crippen molar-refractivity contribution >= 4 is 0 Å². The van der Waals surface area contributed by atoms with Crippen LogP contribution in [0.5, 0.6) is 0 Å². The average Bonchev–Trinajstić information content (AvgIpc) is 4.26. The van der Waals surface area contributed by atoms with Gasteiger partial charge in [-0.2, -0.15) is 0 Å². The number of benzene rings is 6. The number of aryl methyl sites for hydroxylation is 4. The van der Waals surface area contributed by atoms with Crippen molar-refractivity contribution in [3.63, 3.8) is 0 Å². The van der Waals surface area contributed by atoms with E-state index in [0.29, 0.717) is 11.4 Å². The van der Waals surface area contributed by atoms with Crippen LogP contribution < -0.4 is 0 Å². The van der Waals surface area contributed by atoms with Crippen LogP contribution in [-0.4, -0.2) is 47.8 Å². The number of hydrogen-bond acceptors (Lipinski definition) is 5. The maximum atomic E-state index is 13.4. The third-order valence-corrected chi connectivity index (χ3v) is 10.9. The second-order valence-corrected chi connectivity index (χ2v) is 16.3. The van der Waals surface area contributed by atoms with E-state index in [4.69, 9.17) is 0 Å². The van der Waals surface area contributed by atoms with E-state index in [1.807, 2.05) is 135 Å². The smallest absolute Gasteiger partial charge is 0.0840 e. The Hall–Kier alpha value is -5.66. The molecule has 0 bridgehead atoms. The molecule has 0 aliphatic rings. The summed E-state index contributed by atoms with van der Waals surface area (Å²) >= 11 is 0. The van der Waals surface area contributed by atoms with Gasteiger partial charge in [-0.05, 0) is 49.4 Å². The van der Waals surface area contributed by atoms with Gasteiger partial charge in [-0.1, -0.05) is 53.6 Å². The molecule has 5 radical (unpaired) electrons. The largest absolute Gasteiger partial charge is 0.350 e. The average molecular weight is 1920 g/mol. The molecular weight excluding hydrogens is 1870 g/mol. The molecule has 5 heterocycles. The molecule has 5 aromatic heterocycles. The summed E-state index contributed by atoms with van der Waals surface area (Å²) in [6.45, 7) is 4.73. The molecule has 0 amide bonds. The molecule has 0 atom stereocenters. The van der Waals surface area contributed by atoms with Crippen molar-refractivity contribution in [3.8, 4) is 56.3 Å². The van der Waals surface area contributed by atoms with Crippen LogP contribution >= 0.6 is 0 Å². The molecule has 0 aliphatic heterocycles. The van der Waals surface area contributed by atoms with Gasteiger partial charge in [-0.15, -0.1) is 132 Å². The summed E-state index contributed by atoms with van der Waals surface area (Å²) < 4.78 is 61.4. The van der Waals surface area contributed by atoms with Gasteiger partial charge >= 0.3 is 0 Å². The van der Waals surface area contributed by atoms with Crippen LogP contribution in [0.3, 0.4) is 0 Å². The fourth-order valence-electron chi connectivity index (χ4n) is 6.88. The Morgan fingerprint density at radius 1 is 0.429 bits per heavy atom. The Morgan fingerprint density at radius 3 is 1.29 bits per heavy atom. The third-order valence-electron chi connectivity index (χ3n) is 10.9. The first-order chi connectivity index (χ1) is 34.8. The number of halogens is 4. The SMILES string of the molecule is Cc1c(-c2[c-]cc(F)cc2F)ncn1C.Cc1c(-c2[c-]cccc2)ncn1C.Cn1cnc(-c2[c-]cc(F)cc2F)c1.Cn1cnc(-c2[c-]cccc2)c1.[Ir].[Ir].[Ir].[Ir].[Ir].[c-]1ccccc1-c1cn(Cc2ccccc2)cn1. The van der Waals surface area contributed by atoms with Gasteiger partial charge in [0.05, 0.1) is 31.6 Å². The third kappa shape index (κ3) is 19.6. The number of rotatable bonds is 7. The van der Waals surface area contributed by atoms with Crippen LogP contribution in [0.2, 0.25) is 0 Å². The fourth-order valence-corrected chi connectivity index (χ4v) is 6.88. The predicted octanol–water partition coefficient (Wildman–Crippen LogP) is 12.1. The molecule has 0 N–H and O–H groups in total. The van der Waals surface area contributed by atoms with Crippen LogP contribution in [0.1, 0.15) is 17.0 Å². The van der Waals surface area contributed by atoms with Crippen LogP contribution in [0.25, 0.3) is 56.3 Å². The van der Waals surface area contributed by atoms with Crippen molar-refractivity contribution in [2.45, 2.75) is 20.4 Å². The molecule has 10 nitrogen and oxygen atoms in total. The Kier molecular flexibility index (Phi) is 29.4. The molecule has 77 heavy (non-hydrogen) atoms. The van der Waals surface area contributed by atoms with Crippen molar-refractivity contribution in [3.05, 3.63) is 248 Å². The molecule has 0 spiro atoms. The molecule has 0 saturated heterocycles. The Bertz CT molecular complexity index is 3420. The van der Waals surface area contributed by atoms with E-state index in [0.717, 1.165) is 70.3 Å². The minimum Gasteiger partial charge on any atom is -0.350 e. The molecule has 11 aromatic rings. The van der Waals surface area contributed by atoms with Crippen LogP contribution in [-0.2, 0) is 135 Å². The van der Waals surface area contributed by atoms with Crippen molar-refractivity contribution in [1.29, 1.82) is 0 Å². The van der Waals surface area contributed by atoms with Gasteiger partial charge in [-0.3, -0.25) is 42.5 Å². The van der Waals surface area contributed by atoms with Crippen molar-refractivity contribution in [2.24, 2.45) is 28.2 Å². The van der Waals surface area contributed by atoms with Crippen LogP contribution in [0.15, 0.2) is 178 Å². The first-order valence-corrected chi connectivity index (χ1v) is 22.5. The molecule has 0 saturated carbocycles. The minimum atomic E-state index is -0.649. The summed E-state index contributed by atoms with van der Waals surface area (Å²) in [5.74, 6) is -2.56. The van der Waals surface area contributed by atoms with E-state index in [9.17, 15) is 17.6 Å². The number of nitrogens with zero attached hydrogens (tertiary/aromatic N) is 10. The Labute approximate surface area is 514 Å². The Morgan fingerprint density at radius 2 is 0.857 bits per heavy atom. The monoisotopic (exact) mass is 1930 g/mol. The zero-order chi connectivity index (χ0) is 51.0. The van der Waals surface area contributed by atoms with Crippen LogP contribution in [0.4, 0.5) is 17.6 Å². The summed E-state index contributed by atoms with van der Waals surface area (Å²) in [6.07, 6.45) is 14.3. The first kappa shape index (κ1) is 67.4. The zero-order valence-electron chi connectivity index (χ0n) is 42.1. The van der Waals surface area contributed by atoms with Crippen molar-refractivity contribution < 1.29 is 118 Å². The molecular formula is C58H49F4Ir5N10-5. The van der Waals surface area contributed by atoms with Gasteiger partial charge in [-0.25, -0.2) is 0 Å². The first-order valence-electron chi connectivity index (χ1n) is 22.5. The van der Waals surface area contributed by atoms with E-state index in [-0.39, 0.29) is 112 Å². The topological polar surface area (TPSA) is 89.1 Å². The fraction of sp³-hybridized carbons (Fsp3) is 0.121. The van der Waals surface area contributed by atoms with E-state index in [1.54, 1.807) is 41.4 Å². The summed E-state index contributed by atoms with van der Waals surface area (Å²) in [4.78, 5) is 20.9. The van der Waals surface area contributed by atoms with Crippen molar-refractivity contribution in [2.75, 3.05) is 0 Å².